The highest BCUT2D eigenvalue weighted by Gasteiger charge is 2.23. The van der Waals surface area contributed by atoms with Gasteiger partial charge in [-0.1, -0.05) is 0 Å². The molecule has 0 bridgehead atoms. The number of ether oxygens (including phenoxy) is 1. The van der Waals surface area contributed by atoms with Gasteiger partial charge in [0.05, 0.1) is 16.7 Å². The minimum atomic E-state index is -1.14. The van der Waals surface area contributed by atoms with E-state index in [9.17, 15) is 19.7 Å². The molecule has 0 saturated heterocycles. The van der Waals surface area contributed by atoms with Gasteiger partial charge in [0.2, 0.25) is 0 Å². The lowest BCUT2D eigenvalue weighted by Crippen LogP contribution is -2.31. The number of amides is 1. The second-order valence-corrected chi connectivity index (χ2v) is 5.82. The van der Waals surface area contributed by atoms with Crippen LogP contribution in [0.5, 0.6) is 0 Å². The summed E-state index contributed by atoms with van der Waals surface area (Å²) in [4.78, 5) is 34.6. The van der Waals surface area contributed by atoms with Crippen LogP contribution in [0, 0.1) is 10.1 Å². The molecular formula is C16H19N5O5. The molecule has 1 aromatic heterocycles. The Hall–Kier alpha value is -3.43. The lowest BCUT2D eigenvalue weighted by molar-refractivity contribution is -0.384. The number of carbonyl (C=O) groups excluding carboxylic acids is 2. The number of benzene rings is 1. The van der Waals surface area contributed by atoms with Gasteiger partial charge in [-0.15, -0.1) is 0 Å². The largest absolute Gasteiger partial charge is 0.449 e. The van der Waals surface area contributed by atoms with Gasteiger partial charge in [-0.05, 0) is 26.8 Å². The van der Waals surface area contributed by atoms with Crippen LogP contribution in [0.4, 0.5) is 17.2 Å². The quantitative estimate of drug-likeness (QED) is 0.347. The Morgan fingerprint density at radius 1 is 1.31 bits per heavy atom. The molecule has 0 unspecified atom stereocenters. The average molecular weight is 361 g/mol. The molecule has 3 N–H and O–H groups in total. The summed E-state index contributed by atoms with van der Waals surface area (Å²) in [5, 5.41) is 17.5. The van der Waals surface area contributed by atoms with E-state index in [-0.39, 0.29) is 23.0 Å². The van der Waals surface area contributed by atoms with E-state index < -0.39 is 22.9 Å². The van der Waals surface area contributed by atoms with Crippen LogP contribution in [0.3, 0.4) is 0 Å². The van der Waals surface area contributed by atoms with E-state index in [0.717, 1.165) is 6.07 Å². The van der Waals surface area contributed by atoms with Crippen LogP contribution in [0.15, 0.2) is 30.5 Å². The minimum Gasteiger partial charge on any atom is -0.449 e. The second kappa shape index (κ2) is 7.64. The molecule has 138 valence electrons. The fourth-order valence-corrected chi connectivity index (χ4v) is 2.16. The van der Waals surface area contributed by atoms with Crippen molar-refractivity contribution in [3.05, 3.63) is 46.1 Å². The third-order valence-corrected chi connectivity index (χ3v) is 3.53. The molecule has 1 heterocycles. The molecule has 10 heteroatoms. The summed E-state index contributed by atoms with van der Waals surface area (Å²) in [6, 6.07) is 5.07. The SMILES string of the molecule is CC(C)n1nccc1NC(=O)[C@@H](C)OC(=O)c1cc([N+](=O)[O-])ccc1N. The van der Waals surface area contributed by atoms with Crippen LogP contribution in [0.1, 0.15) is 37.2 Å². The monoisotopic (exact) mass is 361 g/mol. The summed E-state index contributed by atoms with van der Waals surface area (Å²) in [6.07, 6.45) is 0.396. The Bertz CT molecular complexity index is 845. The molecular weight excluding hydrogens is 342 g/mol. The molecule has 0 aliphatic heterocycles. The number of hydrogen-bond acceptors (Lipinski definition) is 7. The molecule has 0 aliphatic rings. The summed E-state index contributed by atoms with van der Waals surface area (Å²) in [6.45, 7) is 5.19. The number of aromatic nitrogens is 2. The predicted molar refractivity (Wildman–Crippen MR) is 93.6 cm³/mol. The average Bonchev–Trinajstić information content (AvgIpc) is 3.03. The molecule has 2 aromatic rings. The van der Waals surface area contributed by atoms with Gasteiger partial charge < -0.3 is 15.8 Å². The number of nitro benzene ring substituents is 1. The highest BCUT2D eigenvalue weighted by molar-refractivity contribution is 5.99. The molecule has 0 aliphatic carbocycles. The second-order valence-electron chi connectivity index (χ2n) is 5.82. The van der Waals surface area contributed by atoms with Crippen molar-refractivity contribution in [1.82, 2.24) is 9.78 Å². The molecule has 2 rings (SSSR count). The van der Waals surface area contributed by atoms with Crippen LogP contribution in [0.2, 0.25) is 0 Å². The van der Waals surface area contributed by atoms with Crippen molar-refractivity contribution in [2.75, 3.05) is 11.1 Å². The number of nitrogens with two attached hydrogens (primary N) is 1. The maximum Gasteiger partial charge on any atom is 0.341 e. The number of nitro groups is 1. The summed E-state index contributed by atoms with van der Waals surface area (Å²) >= 11 is 0. The van der Waals surface area contributed by atoms with Gasteiger partial charge >= 0.3 is 5.97 Å². The van der Waals surface area contributed by atoms with Crippen LogP contribution >= 0.6 is 0 Å². The zero-order chi connectivity index (χ0) is 19.4. The topological polar surface area (TPSA) is 142 Å². The van der Waals surface area contributed by atoms with Crippen molar-refractivity contribution in [1.29, 1.82) is 0 Å². The number of rotatable bonds is 6. The molecule has 1 atom stereocenters. The zero-order valence-electron chi connectivity index (χ0n) is 14.5. The van der Waals surface area contributed by atoms with E-state index in [0.29, 0.717) is 5.82 Å². The molecule has 26 heavy (non-hydrogen) atoms. The van der Waals surface area contributed by atoms with Crippen molar-refractivity contribution < 1.29 is 19.2 Å². The molecule has 1 amide bonds. The first kappa shape index (κ1) is 18.9. The highest BCUT2D eigenvalue weighted by atomic mass is 16.6. The van der Waals surface area contributed by atoms with Gasteiger partial charge in [0.25, 0.3) is 11.6 Å². The molecule has 0 spiro atoms. The Morgan fingerprint density at radius 2 is 2.00 bits per heavy atom. The van der Waals surface area contributed by atoms with Gasteiger partial charge in [0.1, 0.15) is 5.82 Å². The molecule has 0 radical (unpaired) electrons. The van der Waals surface area contributed by atoms with E-state index in [1.165, 1.54) is 25.3 Å². The number of non-ortho nitro benzene ring substituents is 1. The van der Waals surface area contributed by atoms with E-state index in [1.807, 2.05) is 13.8 Å². The Balaban J connectivity index is 2.09. The first-order valence-electron chi connectivity index (χ1n) is 7.80. The van der Waals surface area contributed by atoms with Gasteiger partial charge in [0.15, 0.2) is 6.10 Å². The van der Waals surface area contributed by atoms with E-state index >= 15 is 0 Å². The smallest absolute Gasteiger partial charge is 0.341 e. The number of carbonyl (C=O) groups is 2. The molecule has 0 fully saturated rings. The standard InChI is InChI=1S/C16H19N5O5/c1-9(2)20-14(6-7-18-20)19-15(22)10(3)26-16(23)12-8-11(21(24)25)4-5-13(12)17/h4-10H,17H2,1-3H3,(H,19,22)/t10-/m1/s1. The first-order valence-corrected chi connectivity index (χ1v) is 7.80. The lowest BCUT2D eigenvalue weighted by atomic mass is 10.1. The van der Waals surface area contributed by atoms with Gasteiger partial charge in [0, 0.05) is 29.9 Å². The first-order chi connectivity index (χ1) is 12.2. The summed E-state index contributed by atoms with van der Waals surface area (Å²) in [5.74, 6) is -1.03. The van der Waals surface area contributed by atoms with Gasteiger partial charge in [-0.3, -0.25) is 14.9 Å². The number of esters is 1. The summed E-state index contributed by atoms with van der Waals surface area (Å²) in [5.41, 5.74) is 5.21. The number of hydrogen-bond donors (Lipinski definition) is 2. The maximum absolute atomic E-state index is 12.2. The molecule has 1 aromatic carbocycles. The Kier molecular flexibility index (Phi) is 5.55. The number of nitrogen functional groups attached to an aromatic ring is 1. The van der Waals surface area contributed by atoms with Gasteiger partial charge in [-0.25, -0.2) is 9.48 Å². The number of nitrogens with zero attached hydrogens (tertiary/aromatic N) is 3. The Labute approximate surface area is 149 Å². The van der Waals surface area contributed by atoms with Gasteiger partial charge in [-0.2, -0.15) is 5.10 Å². The molecule has 10 nitrogen and oxygen atoms in total. The minimum absolute atomic E-state index is 0.0195. The summed E-state index contributed by atoms with van der Waals surface area (Å²) in [7, 11) is 0. The fraction of sp³-hybridized carbons (Fsp3) is 0.312. The number of anilines is 2. The van der Waals surface area contributed by atoms with Crippen LogP contribution in [-0.4, -0.2) is 32.7 Å². The van der Waals surface area contributed by atoms with Crippen LogP contribution < -0.4 is 11.1 Å². The van der Waals surface area contributed by atoms with Crippen molar-refractivity contribution in [2.24, 2.45) is 0 Å². The van der Waals surface area contributed by atoms with E-state index in [2.05, 4.69) is 10.4 Å². The third kappa shape index (κ3) is 4.15. The van der Waals surface area contributed by atoms with Crippen molar-refractivity contribution in [3.63, 3.8) is 0 Å². The normalized spacial score (nSPS) is 11.8. The summed E-state index contributed by atoms with van der Waals surface area (Å²) < 4.78 is 6.68. The van der Waals surface area contributed by atoms with E-state index in [4.69, 9.17) is 10.5 Å². The lowest BCUT2D eigenvalue weighted by Gasteiger charge is -2.16. The predicted octanol–water partition coefficient (Wildman–Crippen LogP) is 2.14. The van der Waals surface area contributed by atoms with Crippen LogP contribution in [-0.2, 0) is 9.53 Å². The fourth-order valence-electron chi connectivity index (χ4n) is 2.16. The van der Waals surface area contributed by atoms with Crippen LogP contribution in [0.25, 0.3) is 0 Å². The van der Waals surface area contributed by atoms with Crippen molar-refractivity contribution in [2.45, 2.75) is 32.9 Å². The molecule has 0 saturated carbocycles. The maximum atomic E-state index is 12.2. The van der Waals surface area contributed by atoms with E-state index in [1.54, 1.807) is 10.7 Å². The zero-order valence-corrected chi connectivity index (χ0v) is 14.5. The van der Waals surface area contributed by atoms with Crippen molar-refractivity contribution >= 4 is 29.1 Å². The number of nitrogens with one attached hydrogen (secondary N) is 1. The Morgan fingerprint density at radius 3 is 2.62 bits per heavy atom. The highest BCUT2D eigenvalue weighted by Crippen LogP contribution is 2.21. The van der Waals surface area contributed by atoms with Crippen molar-refractivity contribution in [3.8, 4) is 0 Å². The third-order valence-electron chi connectivity index (χ3n) is 3.53.